The molecule has 1 aromatic rings. The van der Waals surface area contributed by atoms with E-state index in [4.69, 9.17) is 0 Å². The van der Waals surface area contributed by atoms with E-state index in [-0.39, 0.29) is 5.78 Å². The normalized spacial score (nSPS) is 9.40. The fraction of sp³-hybridized carbons (Fsp3) is 0.125. The summed E-state index contributed by atoms with van der Waals surface area (Å²) in [5.41, 5.74) is 0.793. The summed E-state index contributed by atoms with van der Waals surface area (Å²) < 4.78 is 1.25. The summed E-state index contributed by atoms with van der Waals surface area (Å²) in [4.78, 5) is 10.8. The van der Waals surface area contributed by atoms with Crippen molar-refractivity contribution in [1.29, 1.82) is 0 Å². The monoisotopic (exact) mass is 196 g/mol. The Morgan fingerprint density at radius 1 is 1.30 bits per heavy atom. The Hall–Kier alpha value is -0.552. The summed E-state index contributed by atoms with van der Waals surface area (Å²) in [6, 6.07) is 7.66. The number of Topliss-reactive ketones (excluding diaryl/α,β-unsaturated/α-hetero) is 1. The van der Waals surface area contributed by atoms with Crippen LogP contribution in [0.1, 0.15) is 17.3 Å². The van der Waals surface area contributed by atoms with E-state index in [2.05, 4.69) is 0 Å². The molecule has 0 bridgehead atoms. The molecule has 0 radical (unpaired) electrons. The fourth-order valence-electron chi connectivity index (χ4n) is 0.718. The van der Waals surface area contributed by atoms with Gasteiger partial charge in [-0.2, -0.15) is 0 Å². The van der Waals surface area contributed by atoms with Crippen LogP contribution in [0.4, 0.5) is 0 Å². The van der Waals surface area contributed by atoms with Crippen molar-refractivity contribution in [3.05, 3.63) is 29.8 Å². The van der Waals surface area contributed by atoms with Gasteiger partial charge in [-0.25, -0.2) is 0 Å². The molecule has 0 saturated heterocycles. The van der Waals surface area contributed by atoms with E-state index < -0.39 is 0 Å². The standard InChI is InChI=1S/C8H9AsO/c1-6(10)7-2-4-8(9)5-3-7/h2-5H,9H2,1H3. The summed E-state index contributed by atoms with van der Waals surface area (Å²) >= 11 is 1.58. The Morgan fingerprint density at radius 2 is 1.80 bits per heavy atom. The molecule has 1 aromatic carbocycles. The first-order valence-electron chi connectivity index (χ1n) is 3.06. The van der Waals surface area contributed by atoms with Gasteiger partial charge in [0.1, 0.15) is 0 Å². The molecule has 0 fully saturated rings. The quantitative estimate of drug-likeness (QED) is 0.461. The molecule has 10 heavy (non-hydrogen) atoms. The summed E-state index contributed by atoms with van der Waals surface area (Å²) in [5, 5.41) is 0. The Morgan fingerprint density at radius 3 is 2.20 bits per heavy atom. The molecule has 0 saturated carbocycles. The third-order valence-electron chi connectivity index (χ3n) is 1.32. The van der Waals surface area contributed by atoms with E-state index >= 15 is 0 Å². The zero-order valence-electron chi connectivity index (χ0n) is 5.79. The SMILES string of the molecule is CC(=O)c1ccc([AsH2])cc1. The molecule has 0 aliphatic rings. The van der Waals surface area contributed by atoms with Crippen LogP contribution in [-0.2, 0) is 0 Å². The Kier molecular flexibility index (Phi) is 2.28. The van der Waals surface area contributed by atoms with Crippen LogP contribution in [-0.4, -0.2) is 22.6 Å². The van der Waals surface area contributed by atoms with Gasteiger partial charge in [0.05, 0.1) is 0 Å². The van der Waals surface area contributed by atoms with Crippen molar-refractivity contribution in [2.45, 2.75) is 6.92 Å². The van der Waals surface area contributed by atoms with E-state index in [1.165, 1.54) is 4.35 Å². The van der Waals surface area contributed by atoms with E-state index in [0.29, 0.717) is 0 Å². The van der Waals surface area contributed by atoms with Gasteiger partial charge in [0.15, 0.2) is 0 Å². The van der Waals surface area contributed by atoms with Crippen LogP contribution in [0.25, 0.3) is 0 Å². The Balaban J connectivity index is 3.00. The zero-order chi connectivity index (χ0) is 7.56. The summed E-state index contributed by atoms with van der Waals surface area (Å²) in [6.07, 6.45) is 0. The third kappa shape index (κ3) is 1.71. The molecule has 1 unspecified atom stereocenters. The number of carbonyl (C=O) groups is 1. The Labute approximate surface area is 68.9 Å². The molecule has 0 aliphatic heterocycles. The van der Waals surface area contributed by atoms with Gasteiger partial charge in [0, 0.05) is 0 Å². The predicted octanol–water partition coefficient (Wildman–Crippen LogP) is 0.148. The van der Waals surface area contributed by atoms with Crippen LogP contribution < -0.4 is 4.35 Å². The zero-order valence-corrected chi connectivity index (χ0v) is 8.22. The topological polar surface area (TPSA) is 17.1 Å². The summed E-state index contributed by atoms with van der Waals surface area (Å²) in [6.45, 7) is 1.58. The third-order valence-corrected chi connectivity index (χ3v) is 2.12. The number of hydrogen-bond acceptors (Lipinski definition) is 1. The summed E-state index contributed by atoms with van der Waals surface area (Å²) in [5.74, 6) is 0.132. The van der Waals surface area contributed by atoms with Gasteiger partial charge in [-0.15, -0.1) is 0 Å². The van der Waals surface area contributed by atoms with Crippen LogP contribution in [0.2, 0.25) is 0 Å². The van der Waals surface area contributed by atoms with Gasteiger partial charge < -0.3 is 0 Å². The number of rotatable bonds is 1. The molecule has 1 rings (SSSR count). The molecule has 0 spiro atoms. The molecular formula is C8H9AsO. The van der Waals surface area contributed by atoms with E-state index in [0.717, 1.165) is 5.56 Å². The molecule has 52 valence electrons. The average molecular weight is 196 g/mol. The second-order valence-electron chi connectivity index (χ2n) is 2.18. The molecule has 1 nitrogen and oxygen atoms in total. The van der Waals surface area contributed by atoms with Gasteiger partial charge in [-0.1, -0.05) is 0 Å². The van der Waals surface area contributed by atoms with E-state index in [9.17, 15) is 4.79 Å². The fourth-order valence-corrected chi connectivity index (χ4v) is 1.12. The van der Waals surface area contributed by atoms with Crippen LogP contribution in [0, 0.1) is 0 Å². The van der Waals surface area contributed by atoms with Crippen molar-refractivity contribution < 1.29 is 4.79 Å². The van der Waals surface area contributed by atoms with E-state index in [1.54, 1.807) is 23.8 Å². The maximum absolute atomic E-state index is 10.8. The number of ketones is 1. The van der Waals surface area contributed by atoms with Crippen molar-refractivity contribution >= 4 is 27.0 Å². The first-order chi connectivity index (χ1) is 4.70. The molecule has 0 amide bonds. The minimum absolute atomic E-state index is 0.132. The number of benzene rings is 1. The maximum atomic E-state index is 10.8. The van der Waals surface area contributed by atoms with Gasteiger partial charge in [-0.3, -0.25) is 0 Å². The first kappa shape index (κ1) is 7.55. The molecule has 0 aromatic heterocycles. The van der Waals surface area contributed by atoms with Gasteiger partial charge in [0.25, 0.3) is 0 Å². The van der Waals surface area contributed by atoms with Crippen LogP contribution in [0.15, 0.2) is 24.3 Å². The van der Waals surface area contributed by atoms with Crippen LogP contribution in [0.5, 0.6) is 0 Å². The van der Waals surface area contributed by atoms with E-state index in [1.807, 2.05) is 24.3 Å². The Bertz CT molecular complexity index is 238. The molecule has 2 heteroatoms. The van der Waals surface area contributed by atoms with Crippen LogP contribution >= 0.6 is 0 Å². The van der Waals surface area contributed by atoms with Crippen molar-refractivity contribution in [3.8, 4) is 0 Å². The number of hydrogen-bond donors (Lipinski definition) is 0. The van der Waals surface area contributed by atoms with Gasteiger partial charge in [0.2, 0.25) is 0 Å². The molecule has 0 aliphatic carbocycles. The first-order valence-corrected chi connectivity index (χ1v) is 4.28. The second-order valence-corrected chi connectivity index (χ2v) is 3.58. The van der Waals surface area contributed by atoms with Crippen molar-refractivity contribution in [3.63, 3.8) is 0 Å². The molecule has 0 N–H and O–H groups in total. The van der Waals surface area contributed by atoms with Gasteiger partial charge in [-0.05, 0) is 0 Å². The summed E-state index contributed by atoms with van der Waals surface area (Å²) in [7, 11) is 0. The minimum atomic E-state index is 0.132. The van der Waals surface area contributed by atoms with Crippen LogP contribution in [0.3, 0.4) is 0 Å². The van der Waals surface area contributed by atoms with Gasteiger partial charge >= 0.3 is 68.5 Å². The second kappa shape index (κ2) is 3.02. The van der Waals surface area contributed by atoms with Crippen molar-refractivity contribution in [1.82, 2.24) is 0 Å². The molecule has 1 atom stereocenters. The molecular weight excluding hydrogens is 187 g/mol. The predicted molar refractivity (Wildman–Crippen MR) is 44.6 cm³/mol. The molecule has 0 heterocycles. The van der Waals surface area contributed by atoms with Crippen molar-refractivity contribution in [2.75, 3.05) is 0 Å². The number of carbonyl (C=O) groups excluding carboxylic acids is 1. The van der Waals surface area contributed by atoms with Crippen molar-refractivity contribution in [2.24, 2.45) is 0 Å². The average Bonchev–Trinajstić information content (AvgIpc) is 1.88.